The highest BCUT2D eigenvalue weighted by Gasteiger charge is 2.21. The first-order valence-electron chi connectivity index (χ1n) is 13.3. The third-order valence-corrected chi connectivity index (χ3v) is 7.22. The lowest BCUT2D eigenvalue weighted by atomic mass is 9.77. The smallest absolute Gasteiger partial charge is 0.0716 e. The average molecular weight is 453 g/mol. The van der Waals surface area contributed by atoms with Gasteiger partial charge in [0.2, 0.25) is 0 Å². The first-order valence-corrected chi connectivity index (χ1v) is 13.3. The van der Waals surface area contributed by atoms with Gasteiger partial charge in [-0.05, 0) is 90.2 Å². The molecule has 0 unspecified atom stereocenters. The molecule has 3 aromatic rings. The second-order valence-electron chi connectivity index (χ2n) is 9.78. The molecule has 0 bridgehead atoms. The first kappa shape index (κ1) is 24.5. The SMILES string of the molecule is CCC=CC[C@H]1CC[C@H](c2ccc(-c3ccc(-c4ccc(COCCC)cc4)cc3)cc2)CC1. The molecule has 4 rings (SSSR count). The molecule has 1 aliphatic rings. The zero-order chi connectivity index (χ0) is 23.6. The van der Waals surface area contributed by atoms with Crippen molar-refractivity contribution < 1.29 is 4.74 Å². The fraction of sp³-hybridized carbons (Fsp3) is 0.394. The number of ether oxygens (including phenoxy) is 1. The number of benzene rings is 3. The maximum absolute atomic E-state index is 5.65. The third-order valence-electron chi connectivity index (χ3n) is 7.22. The molecule has 0 aromatic heterocycles. The molecular weight excluding hydrogens is 412 g/mol. The molecule has 178 valence electrons. The largest absolute Gasteiger partial charge is 0.377 e. The van der Waals surface area contributed by atoms with Gasteiger partial charge in [-0.3, -0.25) is 0 Å². The Morgan fingerprint density at radius 3 is 1.74 bits per heavy atom. The molecule has 0 aliphatic heterocycles. The van der Waals surface area contributed by atoms with Crippen molar-refractivity contribution in [2.45, 2.75) is 71.3 Å². The first-order chi connectivity index (χ1) is 16.8. The van der Waals surface area contributed by atoms with Crippen LogP contribution in [0.3, 0.4) is 0 Å². The Morgan fingerprint density at radius 1 is 0.676 bits per heavy atom. The topological polar surface area (TPSA) is 9.23 Å². The zero-order valence-corrected chi connectivity index (χ0v) is 21.0. The van der Waals surface area contributed by atoms with Crippen molar-refractivity contribution in [1.29, 1.82) is 0 Å². The van der Waals surface area contributed by atoms with Crippen LogP contribution in [0.15, 0.2) is 84.9 Å². The molecule has 1 fully saturated rings. The summed E-state index contributed by atoms with van der Waals surface area (Å²) < 4.78 is 5.65. The Balaban J connectivity index is 1.33. The number of hydrogen-bond donors (Lipinski definition) is 0. The van der Waals surface area contributed by atoms with E-state index in [2.05, 4.69) is 98.8 Å². The average Bonchev–Trinajstić information content (AvgIpc) is 2.90. The second-order valence-corrected chi connectivity index (χ2v) is 9.78. The quantitative estimate of drug-likeness (QED) is 0.220. The highest BCUT2D eigenvalue weighted by molar-refractivity contribution is 5.70. The van der Waals surface area contributed by atoms with Crippen molar-refractivity contribution >= 4 is 0 Å². The van der Waals surface area contributed by atoms with Crippen molar-refractivity contribution in [1.82, 2.24) is 0 Å². The lowest BCUT2D eigenvalue weighted by molar-refractivity contribution is 0.121. The molecule has 3 aromatic carbocycles. The summed E-state index contributed by atoms with van der Waals surface area (Å²) in [5.41, 5.74) is 7.85. The summed E-state index contributed by atoms with van der Waals surface area (Å²) in [6, 6.07) is 27.1. The predicted molar refractivity (Wildman–Crippen MR) is 146 cm³/mol. The Kier molecular flexibility index (Phi) is 9.16. The van der Waals surface area contributed by atoms with Gasteiger partial charge in [-0.2, -0.15) is 0 Å². The monoisotopic (exact) mass is 452 g/mol. The standard InChI is InChI=1S/C33H40O/c1-3-5-6-7-26-8-12-28(13-9-26)30-16-20-32(21-17-30)33-22-18-31(19-23-33)29-14-10-27(11-15-29)25-34-24-4-2/h5-6,10-11,14-23,26,28H,3-4,7-9,12-13,24-25H2,1-2H3/t26-,28-. The lowest BCUT2D eigenvalue weighted by Gasteiger charge is -2.28. The van der Waals surface area contributed by atoms with E-state index in [-0.39, 0.29) is 0 Å². The summed E-state index contributed by atoms with van der Waals surface area (Å²) in [5, 5.41) is 0. The van der Waals surface area contributed by atoms with Crippen LogP contribution in [0.5, 0.6) is 0 Å². The molecule has 1 saturated carbocycles. The molecule has 0 heterocycles. The Labute approximate surface area is 206 Å². The lowest BCUT2D eigenvalue weighted by Crippen LogP contribution is -2.12. The summed E-state index contributed by atoms with van der Waals surface area (Å²) in [7, 11) is 0. The van der Waals surface area contributed by atoms with Crippen molar-refractivity contribution in [2.24, 2.45) is 5.92 Å². The van der Waals surface area contributed by atoms with Crippen LogP contribution in [-0.2, 0) is 11.3 Å². The minimum atomic E-state index is 0.695. The molecular formula is C33H40O. The molecule has 0 saturated heterocycles. The minimum Gasteiger partial charge on any atom is -0.377 e. The summed E-state index contributed by atoms with van der Waals surface area (Å²) in [4.78, 5) is 0. The molecule has 34 heavy (non-hydrogen) atoms. The van der Waals surface area contributed by atoms with E-state index in [1.165, 1.54) is 65.5 Å². The van der Waals surface area contributed by atoms with E-state index in [1.54, 1.807) is 0 Å². The maximum atomic E-state index is 5.65. The van der Waals surface area contributed by atoms with Gasteiger partial charge in [0.25, 0.3) is 0 Å². The molecule has 0 N–H and O–H groups in total. The van der Waals surface area contributed by atoms with Gasteiger partial charge in [-0.1, -0.05) is 98.8 Å². The van der Waals surface area contributed by atoms with Gasteiger partial charge in [0.15, 0.2) is 0 Å². The van der Waals surface area contributed by atoms with Crippen LogP contribution in [0, 0.1) is 5.92 Å². The fourth-order valence-corrected chi connectivity index (χ4v) is 5.12. The Bertz CT molecular complexity index is 1000. The number of hydrogen-bond acceptors (Lipinski definition) is 1. The Morgan fingerprint density at radius 2 is 1.21 bits per heavy atom. The Hall–Kier alpha value is -2.64. The summed E-state index contributed by atoms with van der Waals surface area (Å²) >= 11 is 0. The van der Waals surface area contributed by atoms with Crippen molar-refractivity contribution in [2.75, 3.05) is 6.61 Å². The third kappa shape index (κ3) is 6.70. The van der Waals surface area contributed by atoms with Crippen LogP contribution in [-0.4, -0.2) is 6.61 Å². The van der Waals surface area contributed by atoms with E-state index in [4.69, 9.17) is 4.74 Å². The van der Waals surface area contributed by atoms with E-state index < -0.39 is 0 Å². The van der Waals surface area contributed by atoms with E-state index >= 15 is 0 Å². The van der Waals surface area contributed by atoms with Gasteiger partial charge in [-0.15, -0.1) is 0 Å². The fourth-order valence-electron chi connectivity index (χ4n) is 5.12. The molecule has 1 aliphatic carbocycles. The minimum absolute atomic E-state index is 0.695. The van der Waals surface area contributed by atoms with E-state index in [0.717, 1.165) is 31.3 Å². The highest BCUT2D eigenvalue weighted by atomic mass is 16.5. The van der Waals surface area contributed by atoms with Crippen LogP contribution in [0.1, 0.15) is 75.8 Å². The van der Waals surface area contributed by atoms with Gasteiger partial charge in [0, 0.05) is 6.61 Å². The van der Waals surface area contributed by atoms with Crippen molar-refractivity contribution in [3.63, 3.8) is 0 Å². The highest BCUT2D eigenvalue weighted by Crippen LogP contribution is 2.38. The molecule has 0 atom stereocenters. The van der Waals surface area contributed by atoms with Crippen molar-refractivity contribution in [3.8, 4) is 22.3 Å². The molecule has 1 nitrogen and oxygen atoms in total. The van der Waals surface area contributed by atoms with Gasteiger partial charge in [-0.25, -0.2) is 0 Å². The van der Waals surface area contributed by atoms with Crippen molar-refractivity contribution in [3.05, 3.63) is 96.1 Å². The molecule has 0 radical (unpaired) electrons. The van der Waals surface area contributed by atoms with Gasteiger partial charge < -0.3 is 4.74 Å². The van der Waals surface area contributed by atoms with Gasteiger partial charge in [0.1, 0.15) is 0 Å². The van der Waals surface area contributed by atoms with Crippen LogP contribution in [0.4, 0.5) is 0 Å². The normalized spacial score (nSPS) is 18.4. The van der Waals surface area contributed by atoms with Crippen LogP contribution >= 0.6 is 0 Å². The van der Waals surface area contributed by atoms with E-state index in [1.807, 2.05) is 0 Å². The summed E-state index contributed by atoms with van der Waals surface area (Å²) in [6.45, 7) is 5.87. The second kappa shape index (κ2) is 12.7. The number of rotatable bonds is 10. The zero-order valence-electron chi connectivity index (χ0n) is 21.0. The van der Waals surface area contributed by atoms with E-state index in [0.29, 0.717) is 6.61 Å². The number of allylic oxidation sites excluding steroid dienone is 2. The van der Waals surface area contributed by atoms with Gasteiger partial charge in [0.05, 0.1) is 6.61 Å². The van der Waals surface area contributed by atoms with Crippen LogP contribution in [0.2, 0.25) is 0 Å². The predicted octanol–water partition coefficient (Wildman–Crippen LogP) is 9.58. The molecule has 0 amide bonds. The van der Waals surface area contributed by atoms with Gasteiger partial charge >= 0.3 is 0 Å². The van der Waals surface area contributed by atoms with Crippen LogP contribution < -0.4 is 0 Å². The molecule has 0 spiro atoms. The van der Waals surface area contributed by atoms with Crippen LogP contribution in [0.25, 0.3) is 22.3 Å². The summed E-state index contributed by atoms with van der Waals surface area (Å²) in [5.74, 6) is 1.63. The molecule has 1 heteroatoms. The summed E-state index contributed by atoms with van der Waals surface area (Å²) in [6.07, 6.45) is 13.6. The van der Waals surface area contributed by atoms with E-state index in [9.17, 15) is 0 Å². The maximum Gasteiger partial charge on any atom is 0.0716 e.